The molecule has 0 bridgehead atoms. The van der Waals surface area contributed by atoms with Gasteiger partial charge in [0.05, 0.1) is 13.2 Å². The summed E-state index contributed by atoms with van der Waals surface area (Å²) in [6.45, 7) is 9.57. The molecule has 0 unspecified atom stereocenters. The van der Waals surface area contributed by atoms with Crippen LogP contribution in [0.25, 0.3) is 0 Å². The maximum absolute atomic E-state index is 5.28. The average molecular weight is 183 g/mol. The number of morpholine rings is 1. The Morgan fingerprint density at radius 1 is 1.23 bits per heavy atom. The second-order valence-electron chi connectivity index (χ2n) is 4.01. The second-order valence-corrected chi connectivity index (χ2v) is 4.01. The Morgan fingerprint density at radius 3 is 2.54 bits per heavy atom. The lowest BCUT2D eigenvalue weighted by Gasteiger charge is -2.25. The van der Waals surface area contributed by atoms with E-state index in [-0.39, 0.29) is 0 Å². The molecule has 0 aliphatic carbocycles. The smallest absolute Gasteiger partial charge is 0.0594 e. The fourth-order valence-corrected chi connectivity index (χ4v) is 1.38. The van der Waals surface area contributed by atoms with Crippen molar-refractivity contribution in [2.75, 3.05) is 32.8 Å². The molecule has 1 aliphatic heterocycles. The van der Waals surface area contributed by atoms with Gasteiger partial charge in [-0.25, -0.2) is 0 Å². The van der Waals surface area contributed by atoms with Gasteiger partial charge >= 0.3 is 0 Å². The molecule has 0 aromatic rings. The summed E-state index contributed by atoms with van der Waals surface area (Å²) in [5.41, 5.74) is 0. The van der Waals surface area contributed by atoms with Crippen molar-refractivity contribution in [3.05, 3.63) is 12.2 Å². The van der Waals surface area contributed by atoms with Gasteiger partial charge in [-0.1, -0.05) is 26.0 Å². The first-order valence-corrected chi connectivity index (χ1v) is 5.24. The van der Waals surface area contributed by atoms with Crippen molar-refractivity contribution in [2.45, 2.75) is 20.3 Å². The quantitative estimate of drug-likeness (QED) is 0.617. The third kappa shape index (κ3) is 5.06. The maximum atomic E-state index is 5.28. The van der Waals surface area contributed by atoms with E-state index < -0.39 is 0 Å². The molecule has 0 atom stereocenters. The second kappa shape index (κ2) is 6.17. The van der Waals surface area contributed by atoms with Gasteiger partial charge in [-0.2, -0.15) is 0 Å². The molecule has 0 radical (unpaired) electrons. The largest absolute Gasteiger partial charge is 0.379 e. The van der Waals surface area contributed by atoms with Crippen LogP contribution < -0.4 is 0 Å². The standard InChI is InChI=1S/C11H21NO/c1-11(2)5-3-4-6-12-7-9-13-10-8-12/h3-4,11H,5-10H2,1-2H3/b4-3+. The van der Waals surface area contributed by atoms with Gasteiger partial charge in [0, 0.05) is 19.6 Å². The first-order chi connectivity index (χ1) is 6.29. The van der Waals surface area contributed by atoms with Crippen molar-refractivity contribution in [3.8, 4) is 0 Å². The first-order valence-electron chi connectivity index (χ1n) is 5.24. The Bertz CT molecular complexity index is 148. The molecule has 0 N–H and O–H groups in total. The van der Waals surface area contributed by atoms with E-state index in [4.69, 9.17) is 4.74 Å². The van der Waals surface area contributed by atoms with Crippen LogP contribution in [0.2, 0.25) is 0 Å². The van der Waals surface area contributed by atoms with Crippen molar-refractivity contribution < 1.29 is 4.74 Å². The van der Waals surface area contributed by atoms with Crippen molar-refractivity contribution in [3.63, 3.8) is 0 Å². The van der Waals surface area contributed by atoms with E-state index in [9.17, 15) is 0 Å². The van der Waals surface area contributed by atoms with E-state index in [1.165, 1.54) is 6.42 Å². The third-order valence-electron chi connectivity index (χ3n) is 2.24. The first kappa shape index (κ1) is 10.7. The lowest BCUT2D eigenvalue weighted by atomic mass is 10.1. The molecular formula is C11H21NO. The highest BCUT2D eigenvalue weighted by atomic mass is 16.5. The van der Waals surface area contributed by atoms with Crippen LogP contribution in [0.1, 0.15) is 20.3 Å². The fraction of sp³-hybridized carbons (Fsp3) is 0.818. The SMILES string of the molecule is CC(C)C/C=C/CN1CCOCC1. The van der Waals surface area contributed by atoms with Crippen molar-refractivity contribution in [1.82, 2.24) is 4.90 Å². The number of ether oxygens (including phenoxy) is 1. The molecule has 13 heavy (non-hydrogen) atoms. The molecule has 0 aromatic carbocycles. The van der Waals surface area contributed by atoms with Gasteiger partial charge in [0.15, 0.2) is 0 Å². The van der Waals surface area contributed by atoms with E-state index in [1.54, 1.807) is 0 Å². The van der Waals surface area contributed by atoms with Gasteiger partial charge in [0.25, 0.3) is 0 Å². The molecular weight excluding hydrogens is 162 g/mol. The molecule has 1 rings (SSSR count). The summed E-state index contributed by atoms with van der Waals surface area (Å²) < 4.78 is 5.28. The van der Waals surface area contributed by atoms with Crippen LogP contribution in [-0.2, 0) is 4.74 Å². The number of hydrogen-bond donors (Lipinski definition) is 0. The molecule has 2 heteroatoms. The highest BCUT2D eigenvalue weighted by molar-refractivity contribution is 4.86. The zero-order chi connectivity index (χ0) is 9.52. The number of nitrogens with zero attached hydrogens (tertiary/aromatic N) is 1. The van der Waals surface area contributed by atoms with Crippen LogP contribution in [0.5, 0.6) is 0 Å². The monoisotopic (exact) mass is 183 g/mol. The fourth-order valence-electron chi connectivity index (χ4n) is 1.38. The predicted molar refractivity (Wildman–Crippen MR) is 55.9 cm³/mol. The average Bonchev–Trinajstić information content (AvgIpc) is 2.14. The number of hydrogen-bond acceptors (Lipinski definition) is 2. The van der Waals surface area contributed by atoms with Crippen LogP contribution in [0.15, 0.2) is 12.2 Å². The summed E-state index contributed by atoms with van der Waals surface area (Å²) in [5, 5.41) is 0. The number of allylic oxidation sites excluding steroid dienone is 1. The van der Waals surface area contributed by atoms with Crippen LogP contribution in [-0.4, -0.2) is 37.7 Å². The van der Waals surface area contributed by atoms with E-state index in [2.05, 4.69) is 30.9 Å². The lowest BCUT2D eigenvalue weighted by Crippen LogP contribution is -2.36. The highest BCUT2D eigenvalue weighted by Gasteiger charge is 2.07. The van der Waals surface area contributed by atoms with Gasteiger partial charge < -0.3 is 4.74 Å². The Kier molecular flexibility index (Phi) is 5.09. The van der Waals surface area contributed by atoms with Gasteiger partial charge in [0.2, 0.25) is 0 Å². The zero-order valence-corrected chi connectivity index (χ0v) is 8.83. The Balaban J connectivity index is 2.06. The molecule has 1 heterocycles. The van der Waals surface area contributed by atoms with Crippen molar-refractivity contribution >= 4 is 0 Å². The van der Waals surface area contributed by atoms with Gasteiger partial charge in [0.1, 0.15) is 0 Å². The molecule has 0 aromatic heterocycles. The molecule has 0 amide bonds. The summed E-state index contributed by atoms with van der Waals surface area (Å²) >= 11 is 0. The summed E-state index contributed by atoms with van der Waals surface area (Å²) in [6, 6.07) is 0. The van der Waals surface area contributed by atoms with Gasteiger partial charge in [-0.3, -0.25) is 4.90 Å². The lowest BCUT2D eigenvalue weighted by molar-refractivity contribution is 0.0434. The Labute approximate surface area is 81.6 Å². The van der Waals surface area contributed by atoms with Crippen LogP contribution >= 0.6 is 0 Å². The van der Waals surface area contributed by atoms with Crippen LogP contribution in [0, 0.1) is 5.92 Å². The minimum atomic E-state index is 0.779. The van der Waals surface area contributed by atoms with Gasteiger partial charge in [-0.15, -0.1) is 0 Å². The molecule has 1 fully saturated rings. The van der Waals surface area contributed by atoms with Crippen LogP contribution in [0.4, 0.5) is 0 Å². The summed E-state index contributed by atoms with van der Waals surface area (Å²) in [4.78, 5) is 2.43. The van der Waals surface area contributed by atoms with Crippen molar-refractivity contribution in [1.29, 1.82) is 0 Å². The third-order valence-corrected chi connectivity index (χ3v) is 2.24. The molecule has 1 saturated heterocycles. The summed E-state index contributed by atoms with van der Waals surface area (Å²) in [7, 11) is 0. The zero-order valence-electron chi connectivity index (χ0n) is 8.83. The van der Waals surface area contributed by atoms with Crippen LogP contribution in [0.3, 0.4) is 0 Å². The molecule has 0 spiro atoms. The van der Waals surface area contributed by atoms with E-state index in [1.807, 2.05) is 0 Å². The van der Waals surface area contributed by atoms with E-state index >= 15 is 0 Å². The van der Waals surface area contributed by atoms with Gasteiger partial charge in [-0.05, 0) is 12.3 Å². The van der Waals surface area contributed by atoms with E-state index in [0.29, 0.717) is 0 Å². The van der Waals surface area contributed by atoms with E-state index in [0.717, 1.165) is 38.8 Å². The normalized spacial score (nSPS) is 20.2. The molecule has 2 nitrogen and oxygen atoms in total. The molecule has 1 aliphatic rings. The Morgan fingerprint density at radius 2 is 1.92 bits per heavy atom. The minimum Gasteiger partial charge on any atom is -0.379 e. The molecule has 76 valence electrons. The molecule has 0 saturated carbocycles. The van der Waals surface area contributed by atoms with Crippen molar-refractivity contribution in [2.24, 2.45) is 5.92 Å². The summed E-state index contributed by atoms with van der Waals surface area (Å²) in [6.07, 6.45) is 5.77. The highest BCUT2D eigenvalue weighted by Crippen LogP contribution is 2.01. The Hall–Kier alpha value is -0.340. The topological polar surface area (TPSA) is 12.5 Å². The minimum absolute atomic E-state index is 0.779. The summed E-state index contributed by atoms with van der Waals surface area (Å²) in [5.74, 6) is 0.779. The maximum Gasteiger partial charge on any atom is 0.0594 e. The number of rotatable bonds is 4. The predicted octanol–water partition coefficient (Wildman–Crippen LogP) is 1.92.